The molecular formula is C21H25N5O3. The Bertz CT molecular complexity index is 865. The van der Waals surface area contributed by atoms with Crippen LogP contribution in [0.5, 0.6) is 0 Å². The van der Waals surface area contributed by atoms with E-state index in [0.717, 1.165) is 44.0 Å². The zero-order chi connectivity index (χ0) is 20.1. The van der Waals surface area contributed by atoms with E-state index in [1.807, 2.05) is 29.2 Å². The number of carbonyl (C=O) groups excluding carboxylic acids is 2. The molecule has 3 heterocycles. The first-order chi connectivity index (χ1) is 14.2. The van der Waals surface area contributed by atoms with Crippen molar-refractivity contribution < 1.29 is 14.3 Å². The first-order valence-corrected chi connectivity index (χ1v) is 9.91. The normalized spacial score (nSPS) is 16.1. The number of rotatable bonds is 4. The summed E-state index contributed by atoms with van der Waals surface area (Å²) in [6.45, 7) is 3.95. The highest BCUT2D eigenvalue weighted by atomic mass is 16.5. The van der Waals surface area contributed by atoms with E-state index in [0.29, 0.717) is 18.8 Å². The fourth-order valence-electron chi connectivity index (χ4n) is 3.69. The summed E-state index contributed by atoms with van der Waals surface area (Å²) in [5.74, 6) is 0.170. The Morgan fingerprint density at radius 2 is 1.86 bits per heavy atom. The molecule has 0 atom stereocenters. The molecule has 8 nitrogen and oxygen atoms in total. The van der Waals surface area contributed by atoms with Crippen molar-refractivity contribution in [1.82, 2.24) is 15.8 Å². The number of morpholine rings is 1. The summed E-state index contributed by atoms with van der Waals surface area (Å²) in [4.78, 5) is 33.1. The maximum Gasteiger partial charge on any atom is 0.271 e. The van der Waals surface area contributed by atoms with Gasteiger partial charge >= 0.3 is 0 Å². The summed E-state index contributed by atoms with van der Waals surface area (Å²) in [6.07, 6.45) is 3.56. The highest BCUT2D eigenvalue weighted by Gasteiger charge is 2.19. The van der Waals surface area contributed by atoms with E-state index in [-0.39, 0.29) is 12.5 Å². The van der Waals surface area contributed by atoms with Crippen molar-refractivity contribution in [2.45, 2.75) is 12.8 Å². The van der Waals surface area contributed by atoms with Gasteiger partial charge < -0.3 is 14.5 Å². The van der Waals surface area contributed by atoms with Gasteiger partial charge in [-0.05, 0) is 36.6 Å². The van der Waals surface area contributed by atoms with Crippen molar-refractivity contribution in [2.75, 3.05) is 49.2 Å². The molecule has 0 saturated carbocycles. The van der Waals surface area contributed by atoms with Crippen LogP contribution in [0, 0.1) is 0 Å². The monoisotopic (exact) mass is 395 g/mol. The van der Waals surface area contributed by atoms with Crippen LogP contribution < -0.4 is 20.7 Å². The van der Waals surface area contributed by atoms with Crippen molar-refractivity contribution in [2.24, 2.45) is 0 Å². The van der Waals surface area contributed by atoms with Gasteiger partial charge in [-0.15, -0.1) is 0 Å². The molecule has 2 aromatic rings. The summed E-state index contributed by atoms with van der Waals surface area (Å²) in [5.41, 5.74) is 7.71. The van der Waals surface area contributed by atoms with Gasteiger partial charge in [0.1, 0.15) is 5.82 Å². The van der Waals surface area contributed by atoms with Gasteiger partial charge in [-0.2, -0.15) is 0 Å². The minimum atomic E-state index is -0.390. The van der Waals surface area contributed by atoms with Crippen molar-refractivity contribution in [3.05, 3.63) is 53.7 Å². The van der Waals surface area contributed by atoms with Crippen LogP contribution in [0.25, 0.3) is 0 Å². The molecule has 2 aliphatic heterocycles. The zero-order valence-electron chi connectivity index (χ0n) is 16.3. The van der Waals surface area contributed by atoms with Crippen molar-refractivity contribution >= 4 is 23.3 Å². The SMILES string of the molecule is O=C(CN1CCCc2ccccc21)NNC(=O)c1ccc(N2CCOCC2)nc1. The first-order valence-electron chi connectivity index (χ1n) is 9.91. The maximum absolute atomic E-state index is 12.3. The molecule has 152 valence electrons. The van der Waals surface area contributed by atoms with Gasteiger partial charge in [0.05, 0.1) is 25.3 Å². The number of nitrogens with zero attached hydrogens (tertiary/aromatic N) is 3. The molecule has 0 unspecified atom stereocenters. The van der Waals surface area contributed by atoms with Gasteiger partial charge in [-0.25, -0.2) is 4.98 Å². The summed E-state index contributed by atoms with van der Waals surface area (Å²) < 4.78 is 5.33. The van der Waals surface area contributed by atoms with Gasteiger partial charge in [0, 0.05) is 31.5 Å². The smallest absolute Gasteiger partial charge is 0.271 e. The molecule has 1 aromatic heterocycles. The molecule has 0 radical (unpaired) electrons. The number of hydrazine groups is 1. The quantitative estimate of drug-likeness (QED) is 0.755. The average Bonchev–Trinajstić information content (AvgIpc) is 2.78. The van der Waals surface area contributed by atoms with Crippen molar-refractivity contribution in [1.29, 1.82) is 0 Å². The number of benzene rings is 1. The molecule has 0 aliphatic carbocycles. The van der Waals surface area contributed by atoms with E-state index in [9.17, 15) is 9.59 Å². The van der Waals surface area contributed by atoms with Crippen LogP contribution in [0.3, 0.4) is 0 Å². The molecule has 2 amide bonds. The second kappa shape index (κ2) is 8.91. The number of amides is 2. The van der Waals surface area contributed by atoms with Crippen molar-refractivity contribution in [3.63, 3.8) is 0 Å². The van der Waals surface area contributed by atoms with Crippen LogP contribution in [-0.4, -0.2) is 56.2 Å². The van der Waals surface area contributed by atoms with E-state index >= 15 is 0 Å². The number of hydrogen-bond donors (Lipinski definition) is 2. The number of carbonyl (C=O) groups is 2. The Morgan fingerprint density at radius 1 is 1.03 bits per heavy atom. The molecule has 8 heteroatoms. The molecule has 2 aliphatic rings. The first kappa shape index (κ1) is 19.2. The molecule has 0 bridgehead atoms. The molecule has 1 aromatic carbocycles. The molecule has 0 spiro atoms. The molecule has 4 rings (SSSR count). The second-order valence-corrected chi connectivity index (χ2v) is 7.16. The third-order valence-electron chi connectivity index (χ3n) is 5.20. The Balaban J connectivity index is 1.29. The summed E-state index contributed by atoms with van der Waals surface area (Å²) in [7, 11) is 0. The number of aromatic nitrogens is 1. The Labute approximate surface area is 169 Å². The number of hydrogen-bond acceptors (Lipinski definition) is 6. The minimum absolute atomic E-state index is 0.200. The van der Waals surface area contributed by atoms with Gasteiger partial charge in [0.25, 0.3) is 11.8 Å². The Morgan fingerprint density at radius 3 is 2.66 bits per heavy atom. The second-order valence-electron chi connectivity index (χ2n) is 7.16. The summed E-state index contributed by atoms with van der Waals surface area (Å²) in [5, 5.41) is 0. The lowest BCUT2D eigenvalue weighted by Crippen LogP contribution is -2.47. The van der Waals surface area contributed by atoms with Crippen LogP contribution >= 0.6 is 0 Å². The third kappa shape index (κ3) is 4.65. The Hall–Kier alpha value is -3.13. The molecular weight excluding hydrogens is 370 g/mol. The number of ether oxygens (including phenoxy) is 1. The van der Waals surface area contributed by atoms with E-state index in [1.165, 1.54) is 11.8 Å². The molecule has 29 heavy (non-hydrogen) atoms. The number of anilines is 2. The van der Waals surface area contributed by atoms with Crippen molar-refractivity contribution in [3.8, 4) is 0 Å². The number of pyridine rings is 1. The van der Waals surface area contributed by atoms with Crippen LogP contribution in [0.1, 0.15) is 22.3 Å². The lowest BCUT2D eigenvalue weighted by Gasteiger charge is -2.30. The van der Waals surface area contributed by atoms with E-state index in [4.69, 9.17) is 4.74 Å². The summed E-state index contributed by atoms with van der Waals surface area (Å²) in [6, 6.07) is 11.6. The fraction of sp³-hybridized carbons (Fsp3) is 0.381. The third-order valence-corrected chi connectivity index (χ3v) is 5.20. The lowest BCUT2D eigenvalue weighted by molar-refractivity contribution is -0.120. The van der Waals surface area contributed by atoms with Gasteiger partial charge in [-0.1, -0.05) is 18.2 Å². The maximum atomic E-state index is 12.3. The van der Waals surface area contributed by atoms with Crippen LogP contribution in [-0.2, 0) is 16.0 Å². The standard InChI is InChI=1S/C21H25N5O3/c27-20(15-26-9-3-5-16-4-1-2-6-18(16)26)23-24-21(28)17-7-8-19(22-14-17)25-10-12-29-13-11-25/h1-2,4,6-8,14H,3,5,9-13,15H2,(H,23,27)(H,24,28). The molecule has 1 fully saturated rings. The highest BCUT2D eigenvalue weighted by molar-refractivity contribution is 5.95. The van der Waals surface area contributed by atoms with Crippen LogP contribution in [0.4, 0.5) is 11.5 Å². The Kier molecular flexibility index (Phi) is 5.90. The highest BCUT2D eigenvalue weighted by Crippen LogP contribution is 2.26. The molecule has 1 saturated heterocycles. The number of fused-ring (bicyclic) bond motifs is 1. The average molecular weight is 395 g/mol. The zero-order valence-corrected chi connectivity index (χ0v) is 16.3. The summed E-state index contributed by atoms with van der Waals surface area (Å²) >= 11 is 0. The fourth-order valence-corrected chi connectivity index (χ4v) is 3.69. The number of para-hydroxylation sites is 1. The number of nitrogens with one attached hydrogen (secondary N) is 2. The van der Waals surface area contributed by atoms with Gasteiger partial charge in [0.2, 0.25) is 0 Å². The van der Waals surface area contributed by atoms with Crippen LogP contribution in [0.15, 0.2) is 42.6 Å². The van der Waals surface area contributed by atoms with Crippen LogP contribution in [0.2, 0.25) is 0 Å². The minimum Gasteiger partial charge on any atom is -0.378 e. The topological polar surface area (TPSA) is 86.8 Å². The molecule has 2 N–H and O–H groups in total. The number of aryl methyl sites for hydroxylation is 1. The van der Waals surface area contributed by atoms with E-state index in [2.05, 4.69) is 26.8 Å². The van der Waals surface area contributed by atoms with E-state index < -0.39 is 5.91 Å². The predicted octanol–water partition coefficient (Wildman–Crippen LogP) is 1.13. The van der Waals surface area contributed by atoms with E-state index in [1.54, 1.807) is 6.07 Å². The lowest BCUT2D eigenvalue weighted by atomic mass is 10.0. The largest absolute Gasteiger partial charge is 0.378 e. The van der Waals surface area contributed by atoms with Gasteiger partial charge in [0.15, 0.2) is 0 Å². The predicted molar refractivity (Wildman–Crippen MR) is 110 cm³/mol. The van der Waals surface area contributed by atoms with Gasteiger partial charge in [-0.3, -0.25) is 20.4 Å².